The van der Waals surface area contributed by atoms with Crippen LogP contribution in [0.5, 0.6) is 0 Å². The first-order chi connectivity index (χ1) is 6.27. The lowest BCUT2D eigenvalue weighted by molar-refractivity contribution is 1.30. The van der Waals surface area contributed by atoms with Crippen molar-refractivity contribution in [2.45, 2.75) is 6.92 Å². The molecule has 0 saturated carbocycles. The second-order valence-electron chi connectivity index (χ2n) is 2.72. The van der Waals surface area contributed by atoms with Crippen LogP contribution in [0.4, 0.5) is 0 Å². The van der Waals surface area contributed by atoms with E-state index in [0.717, 1.165) is 15.4 Å². The summed E-state index contributed by atoms with van der Waals surface area (Å²) in [6.07, 6.45) is 0. The van der Waals surface area contributed by atoms with Gasteiger partial charge >= 0.3 is 0 Å². The van der Waals surface area contributed by atoms with E-state index in [4.69, 9.17) is 11.6 Å². The Kier molecular flexibility index (Phi) is 2.34. The topological polar surface area (TPSA) is 12.9 Å². The number of aromatic nitrogens is 1. The van der Waals surface area contributed by atoms with Gasteiger partial charge in [0.15, 0.2) is 0 Å². The van der Waals surface area contributed by atoms with Crippen LogP contribution in [-0.2, 0) is 0 Å². The largest absolute Gasteiger partial charge is 0.229 e. The second-order valence-corrected chi connectivity index (χ2v) is 4.28. The van der Waals surface area contributed by atoms with Crippen LogP contribution < -0.4 is 0 Å². The zero-order valence-corrected chi connectivity index (χ0v) is 8.69. The standard InChI is InChI=1S/C10H8ClNS/c1-7-12-10(11)9(13-7)8-5-3-2-4-6-8/h2-6H,1H3. The lowest BCUT2D eigenvalue weighted by atomic mass is 10.2. The molecule has 1 heterocycles. The van der Waals surface area contributed by atoms with Crippen LogP contribution in [0, 0.1) is 6.92 Å². The predicted molar refractivity (Wildman–Crippen MR) is 57.3 cm³/mol. The monoisotopic (exact) mass is 209 g/mol. The van der Waals surface area contributed by atoms with Gasteiger partial charge < -0.3 is 0 Å². The zero-order chi connectivity index (χ0) is 9.26. The van der Waals surface area contributed by atoms with Crippen molar-refractivity contribution >= 4 is 22.9 Å². The first kappa shape index (κ1) is 8.73. The molecule has 0 bridgehead atoms. The van der Waals surface area contributed by atoms with Crippen LogP contribution in [0.3, 0.4) is 0 Å². The molecular formula is C10H8ClNS. The highest BCUT2D eigenvalue weighted by molar-refractivity contribution is 7.15. The third kappa shape index (κ3) is 1.74. The molecule has 66 valence electrons. The van der Waals surface area contributed by atoms with E-state index >= 15 is 0 Å². The molecule has 0 aliphatic rings. The Morgan fingerprint density at radius 1 is 1.23 bits per heavy atom. The first-order valence-electron chi connectivity index (χ1n) is 3.96. The van der Waals surface area contributed by atoms with E-state index in [-0.39, 0.29) is 0 Å². The van der Waals surface area contributed by atoms with Gasteiger partial charge in [-0.1, -0.05) is 41.9 Å². The van der Waals surface area contributed by atoms with Gasteiger partial charge in [0.1, 0.15) is 5.15 Å². The summed E-state index contributed by atoms with van der Waals surface area (Å²) in [6.45, 7) is 1.96. The van der Waals surface area contributed by atoms with E-state index in [1.807, 2.05) is 37.3 Å². The molecule has 0 aliphatic heterocycles. The quantitative estimate of drug-likeness (QED) is 0.697. The van der Waals surface area contributed by atoms with Crippen molar-refractivity contribution in [1.29, 1.82) is 0 Å². The molecule has 0 saturated heterocycles. The summed E-state index contributed by atoms with van der Waals surface area (Å²) in [5.74, 6) is 0. The summed E-state index contributed by atoms with van der Waals surface area (Å²) in [4.78, 5) is 5.23. The lowest BCUT2D eigenvalue weighted by Crippen LogP contribution is -1.71. The number of nitrogens with zero attached hydrogens (tertiary/aromatic N) is 1. The molecule has 1 aromatic heterocycles. The molecule has 0 aliphatic carbocycles. The van der Waals surface area contributed by atoms with Crippen LogP contribution in [-0.4, -0.2) is 4.98 Å². The van der Waals surface area contributed by atoms with Crippen molar-refractivity contribution < 1.29 is 0 Å². The normalized spacial score (nSPS) is 10.3. The maximum absolute atomic E-state index is 5.98. The van der Waals surface area contributed by atoms with Gasteiger partial charge in [0, 0.05) is 0 Å². The number of benzene rings is 1. The van der Waals surface area contributed by atoms with Crippen molar-refractivity contribution in [1.82, 2.24) is 4.98 Å². The fraction of sp³-hybridized carbons (Fsp3) is 0.100. The minimum Gasteiger partial charge on any atom is -0.229 e. The van der Waals surface area contributed by atoms with E-state index in [1.54, 1.807) is 11.3 Å². The smallest absolute Gasteiger partial charge is 0.148 e. The van der Waals surface area contributed by atoms with Crippen molar-refractivity contribution in [2.75, 3.05) is 0 Å². The van der Waals surface area contributed by atoms with Crippen molar-refractivity contribution in [2.24, 2.45) is 0 Å². The van der Waals surface area contributed by atoms with Gasteiger partial charge in [-0.05, 0) is 12.5 Å². The van der Waals surface area contributed by atoms with Gasteiger partial charge in [-0.2, -0.15) is 0 Å². The Balaban J connectivity index is 2.53. The van der Waals surface area contributed by atoms with E-state index in [9.17, 15) is 0 Å². The van der Waals surface area contributed by atoms with Gasteiger partial charge in [-0.15, -0.1) is 11.3 Å². The molecule has 0 N–H and O–H groups in total. The zero-order valence-electron chi connectivity index (χ0n) is 7.12. The van der Waals surface area contributed by atoms with Gasteiger partial charge in [-0.25, -0.2) is 4.98 Å². The number of hydrogen-bond donors (Lipinski definition) is 0. The average Bonchev–Trinajstić information content (AvgIpc) is 2.47. The Morgan fingerprint density at radius 2 is 1.92 bits per heavy atom. The third-order valence-corrected chi connectivity index (χ3v) is 3.13. The van der Waals surface area contributed by atoms with E-state index in [2.05, 4.69) is 4.98 Å². The molecule has 0 fully saturated rings. The lowest BCUT2D eigenvalue weighted by Gasteiger charge is -1.94. The molecule has 0 radical (unpaired) electrons. The molecule has 2 rings (SSSR count). The fourth-order valence-corrected chi connectivity index (χ4v) is 2.39. The maximum Gasteiger partial charge on any atom is 0.148 e. The number of thiazole rings is 1. The molecule has 3 heteroatoms. The minimum atomic E-state index is 0.605. The Hall–Kier alpha value is -0.860. The van der Waals surface area contributed by atoms with Crippen LogP contribution in [0.25, 0.3) is 10.4 Å². The Bertz CT molecular complexity index is 408. The summed E-state index contributed by atoms with van der Waals surface area (Å²) in [6, 6.07) is 10.1. The van der Waals surface area contributed by atoms with Crippen LogP contribution in [0.1, 0.15) is 5.01 Å². The maximum atomic E-state index is 5.98. The molecule has 1 nitrogen and oxygen atoms in total. The van der Waals surface area contributed by atoms with Crippen molar-refractivity contribution in [3.8, 4) is 10.4 Å². The Labute approximate surface area is 86.0 Å². The Morgan fingerprint density at radius 3 is 2.46 bits per heavy atom. The van der Waals surface area contributed by atoms with E-state index < -0.39 is 0 Å². The molecule has 13 heavy (non-hydrogen) atoms. The summed E-state index contributed by atoms with van der Waals surface area (Å²) in [5.41, 5.74) is 1.14. The number of rotatable bonds is 1. The van der Waals surface area contributed by atoms with Gasteiger partial charge in [0.2, 0.25) is 0 Å². The molecule has 2 aromatic rings. The molecule has 0 atom stereocenters. The number of aryl methyl sites for hydroxylation is 1. The molecular weight excluding hydrogens is 202 g/mol. The van der Waals surface area contributed by atoms with Crippen LogP contribution in [0.15, 0.2) is 30.3 Å². The average molecular weight is 210 g/mol. The summed E-state index contributed by atoms with van der Waals surface area (Å²) in [7, 11) is 0. The molecule has 0 spiro atoms. The molecule has 0 unspecified atom stereocenters. The predicted octanol–water partition coefficient (Wildman–Crippen LogP) is 3.77. The first-order valence-corrected chi connectivity index (χ1v) is 5.15. The number of hydrogen-bond acceptors (Lipinski definition) is 2. The van der Waals surface area contributed by atoms with Crippen LogP contribution >= 0.6 is 22.9 Å². The van der Waals surface area contributed by atoms with Crippen molar-refractivity contribution in [3.05, 3.63) is 40.5 Å². The third-order valence-electron chi connectivity index (χ3n) is 1.73. The minimum absolute atomic E-state index is 0.605. The number of halogens is 1. The fourth-order valence-electron chi connectivity index (χ4n) is 1.17. The SMILES string of the molecule is Cc1nc(Cl)c(-c2ccccc2)s1. The summed E-state index contributed by atoms with van der Waals surface area (Å²) < 4.78 is 0. The molecule has 1 aromatic carbocycles. The van der Waals surface area contributed by atoms with Gasteiger partial charge in [-0.3, -0.25) is 0 Å². The highest BCUT2D eigenvalue weighted by Gasteiger charge is 2.07. The van der Waals surface area contributed by atoms with E-state index in [1.165, 1.54) is 0 Å². The van der Waals surface area contributed by atoms with E-state index in [0.29, 0.717) is 5.15 Å². The van der Waals surface area contributed by atoms with Crippen LogP contribution in [0.2, 0.25) is 5.15 Å². The summed E-state index contributed by atoms with van der Waals surface area (Å²) in [5, 5.41) is 1.61. The highest BCUT2D eigenvalue weighted by Crippen LogP contribution is 2.32. The van der Waals surface area contributed by atoms with Gasteiger partial charge in [0.25, 0.3) is 0 Å². The summed E-state index contributed by atoms with van der Waals surface area (Å²) >= 11 is 7.60. The highest BCUT2D eigenvalue weighted by atomic mass is 35.5. The van der Waals surface area contributed by atoms with Gasteiger partial charge in [0.05, 0.1) is 9.88 Å². The molecule has 0 amide bonds. The second kappa shape index (κ2) is 3.48. The van der Waals surface area contributed by atoms with Crippen molar-refractivity contribution in [3.63, 3.8) is 0 Å².